The minimum Gasteiger partial charge on any atom is -0.330 e. The fourth-order valence-corrected chi connectivity index (χ4v) is 2.36. The summed E-state index contributed by atoms with van der Waals surface area (Å²) in [5.74, 6) is 0.741. The molecule has 0 aliphatic rings. The first-order valence-electron chi connectivity index (χ1n) is 6.80. The average Bonchev–Trinajstić information content (AvgIpc) is 2.13. The van der Waals surface area contributed by atoms with Crippen LogP contribution in [0.1, 0.15) is 47.0 Å². The fraction of sp³-hybridized carbons (Fsp3) is 0.867. The topological polar surface area (TPSA) is 29.3 Å². The molecule has 0 fully saturated rings. The van der Waals surface area contributed by atoms with Gasteiger partial charge in [-0.25, -0.2) is 0 Å². The van der Waals surface area contributed by atoms with Gasteiger partial charge in [0.25, 0.3) is 0 Å². The summed E-state index contributed by atoms with van der Waals surface area (Å²) in [5, 5.41) is 0. The summed E-state index contributed by atoms with van der Waals surface area (Å²) in [5.41, 5.74) is 7.32. The van der Waals surface area contributed by atoms with Gasteiger partial charge in [0.1, 0.15) is 0 Å². The number of rotatable bonds is 8. The molecule has 0 aromatic heterocycles. The molecular weight excluding hydrogens is 208 g/mol. The summed E-state index contributed by atoms with van der Waals surface area (Å²) in [6.45, 7) is 16.0. The Labute approximate surface area is 108 Å². The van der Waals surface area contributed by atoms with Crippen LogP contribution in [0.3, 0.4) is 0 Å². The predicted molar refractivity (Wildman–Crippen MR) is 78.2 cm³/mol. The standard InChI is InChI=1S/C15H32N2/c1-13(2)12-17(6)11-7-8-14(9-10-16)15(3,4)5/h14H,1,7-12,16H2,2-6H3. The highest BCUT2D eigenvalue weighted by molar-refractivity contribution is 4.91. The van der Waals surface area contributed by atoms with Crippen LogP contribution in [-0.4, -0.2) is 31.6 Å². The molecule has 0 bridgehead atoms. The van der Waals surface area contributed by atoms with Gasteiger partial charge in [0.2, 0.25) is 0 Å². The summed E-state index contributed by atoms with van der Waals surface area (Å²) < 4.78 is 0. The number of nitrogens with zero attached hydrogens (tertiary/aromatic N) is 1. The Morgan fingerprint density at radius 3 is 2.29 bits per heavy atom. The lowest BCUT2D eigenvalue weighted by molar-refractivity contribution is 0.202. The smallest absolute Gasteiger partial charge is 0.0184 e. The number of likely N-dealkylation sites (N-methyl/N-ethyl adjacent to an activating group) is 1. The van der Waals surface area contributed by atoms with Crippen molar-refractivity contribution in [2.45, 2.75) is 47.0 Å². The normalized spacial score (nSPS) is 14.1. The molecule has 0 heterocycles. The van der Waals surface area contributed by atoms with Crippen LogP contribution in [0, 0.1) is 11.3 Å². The first kappa shape index (κ1) is 16.7. The Kier molecular flexibility index (Phi) is 7.73. The zero-order chi connectivity index (χ0) is 13.5. The van der Waals surface area contributed by atoms with Gasteiger partial charge in [-0.2, -0.15) is 0 Å². The van der Waals surface area contributed by atoms with Crippen LogP contribution in [-0.2, 0) is 0 Å². The van der Waals surface area contributed by atoms with E-state index >= 15 is 0 Å². The van der Waals surface area contributed by atoms with E-state index in [1.165, 1.54) is 18.4 Å². The lowest BCUT2D eigenvalue weighted by Crippen LogP contribution is -2.26. The second-order valence-electron chi connectivity index (χ2n) is 6.48. The van der Waals surface area contributed by atoms with Crippen molar-refractivity contribution >= 4 is 0 Å². The molecule has 2 heteroatoms. The average molecular weight is 240 g/mol. The molecule has 0 amide bonds. The number of nitrogens with two attached hydrogens (primary N) is 1. The molecule has 2 nitrogen and oxygen atoms in total. The monoisotopic (exact) mass is 240 g/mol. The summed E-state index contributed by atoms with van der Waals surface area (Å²) in [4.78, 5) is 2.35. The summed E-state index contributed by atoms with van der Waals surface area (Å²) in [6, 6.07) is 0. The van der Waals surface area contributed by atoms with Crippen LogP contribution < -0.4 is 5.73 Å². The molecule has 0 radical (unpaired) electrons. The molecule has 0 saturated heterocycles. The van der Waals surface area contributed by atoms with Crippen molar-refractivity contribution < 1.29 is 0 Å². The summed E-state index contributed by atoms with van der Waals surface area (Å²) in [7, 11) is 2.17. The van der Waals surface area contributed by atoms with Gasteiger partial charge in [-0.3, -0.25) is 0 Å². The summed E-state index contributed by atoms with van der Waals surface area (Å²) in [6.07, 6.45) is 3.68. The van der Waals surface area contributed by atoms with Gasteiger partial charge in [0.05, 0.1) is 0 Å². The van der Waals surface area contributed by atoms with Gasteiger partial charge >= 0.3 is 0 Å². The molecule has 1 unspecified atom stereocenters. The molecule has 102 valence electrons. The van der Waals surface area contributed by atoms with Crippen LogP contribution in [0.15, 0.2) is 12.2 Å². The Balaban J connectivity index is 3.94. The summed E-state index contributed by atoms with van der Waals surface area (Å²) >= 11 is 0. The third-order valence-corrected chi connectivity index (χ3v) is 3.37. The van der Waals surface area contributed by atoms with Crippen LogP contribution in [0.2, 0.25) is 0 Å². The SMILES string of the molecule is C=C(C)CN(C)CCCC(CCN)C(C)(C)C. The van der Waals surface area contributed by atoms with Crippen molar-refractivity contribution in [2.75, 3.05) is 26.7 Å². The Morgan fingerprint density at radius 1 is 1.29 bits per heavy atom. The van der Waals surface area contributed by atoms with E-state index in [1.54, 1.807) is 0 Å². The predicted octanol–water partition coefficient (Wildman–Crippen LogP) is 3.29. The Morgan fingerprint density at radius 2 is 1.88 bits per heavy atom. The Bertz CT molecular complexity index is 215. The number of hydrogen-bond donors (Lipinski definition) is 1. The lowest BCUT2D eigenvalue weighted by Gasteiger charge is -2.31. The molecule has 1 atom stereocenters. The van der Waals surface area contributed by atoms with Crippen LogP contribution in [0.4, 0.5) is 0 Å². The van der Waals surface area contributed by atoms with Gasteiger partial charge in [-0.1, -0.05) is 32.9 Å². The van der Waals surface area contributed by atoms with Gasteiger partial charge in [0.15, 0.2) is 0 Å². The maximum absolute atomic E-state index is 5.70. The minimum atomic E-state index is 0.381. The molecule has 0 saturated carbocycles. The van der Waals surface area contributed by atoms with E-state index < -0.39 is 0 Å². The van der Waals surface area contributed by atoms with Crippen LogP contribution >= 0.6 is 0 Å². The zero-order valence-electron chi connectivity index (χ0n) is 12.6. The molecule has 0 rings (SSSR count). The molecule has 2 N–H and O–H groups in total. The van der Waals surface area contributed by atoms with Crippen molar-refractivity contribution in [3.63, 3.8) is 0 Å². The van der Waals surface area contributed by atoms with Crippen molar-refractivity contribution in [1.82, 2.24) is 4.90 Å². The maximum Gasteiger partial charge on any atom is 0.0184 e. The highest BCUT2D eigenvalue weighted by atomic mass is 15.1. The zero-order valence-corrected chi connectivity index (χ0v) is 12.6. The second-order valence-corrected chi connectivity index (χ2v) is 6.48. The van der Waals surface area contributed by atoms with Gasteiger partial charge < -0.3 is 10.6 Å². The highest BCUT2D eigenvalue weighted by Crippen LogP contribution is 2.32. The van der Waals surface area contributed by atoms with Gasteiger partial charge in [-0.05, 0) is 57.7 Å². The van der Waals surface area contributed by atoms with Crippen molar-refractivity contribution in [1.29, 1.82) is 0 Å². The highest BCUT2D eigenvalue weighted by Gasteiger charge is 2.23. The molecule has 0 aliphatic carbocycles. The molecule has 17 heavy (non-hydrogen) atoms. The third-order valence-electron chi connectivity index (χ3n) is 3.37. The minimum absolute atomic E-state index is 0.381. The quantitative estimate of drug-likeness (QED) is 0.660. The third kappa shape index (κ3) is 8.39. The molecule has 0 aliphatic heterocycles. The molecule has 0 aromatic rings. The van der Waals surface area contributed by atoms with Crippen LogP contribution in [0.25, 0.3) is 0 Å². The van der Waals surface area contributed by atoms with E-state index in [0.717, 1.165) is 32.0 Å². The first-order valence-corrected chi connectivity index (χ1v) is 6.80. The van der Waals surface area contributed by atoms with E-state index in [4.69, 9.17) is 5.73 Å². The fourth-order valence-electron chi connectivity index (χ4n) is 2.36. The molecule has 0 aromatic carbocycles. The largest absolute Gasteiger partial charge is 0.330 e. The second kappa shape index (κ2) is 7.88. The van der Waals surface area contributed by atoms with Gasteiger partial charge in [-0.15, -0.1) is 0 Å². The molecule has 0 spiro atoms. The first-order chi connectivity index (χ1) is 7.77. The van der Waals surface area contributed by atoms with Crippen LogP contribution in [0.5, 0.6) is 0 Å². The van der Waals surface area contributed by atoms with Crippen molar-refractivity contribution in [2.24, 2.45) is 17.1 Å². The van der Waals surface area contributed by atoms with E-state index in [1.807, 2.05) is 0 Å². The van der Waals surface area contributed by atoms with E-state index in [-0.39, 0.29) is 0 Å². The lowest BCUT2D eigenvalue weighted by atomic mass is 9.76. The van der Waals surface area contributed by atoms with Crippen molar-refractivity contribution in [3.8, 4) is 0 Å². The van der Waals surface area contributed by atoms with Gasteiger partial charge in [0, 0.05) is 6.54 Å². The molecular formula is C15H32N2. The maximum atomic E-state index is 5.70. The Hall–Kier alpha value is -0.340. The van der Waals surface area contributed by atoms with Crippen molar-refractivity contribution in [3.05, 3.63) is 12.2 Å². The van der Waals surface area contributed by atoms with E-state index in [9.17, 15) is 0 Å². The number of hydrogen-bond acceptors (Lipinski definition) is 2. The van der Waals surface area contributed by atoms with E-state index in [2.05, 4.69) is 46.2 Å². The van der Waals surface area contributed by atoms with E-state index in [0.29, 0.717) is 5.41 Å².